The number of hydrogen-bond acceptors (Lipinski definition) is 2. The summed E-state index contributed by atoms with van der Waals surface area (Å²) in [7, 11) is 0. The van der Waals surface area contributed by atoms with Crippen LogP contribution < -0.4 is 10.2 Å². The van der Waals surface area contributed by atoms with Gasteiger partial charge < -0.3 is 10.2 Å². The number of halogens is 3. The number of rotatable bonds is 1. The first-order chi connectivity index (χ1) is 8.05. The number of nitrogens with zero attached hydrogens (tertiary/aromatic N) is 1. The van der Waals surface area contributed by atoms with Crippen molar-refractivity contribution in [2.24, 2.45) is 0 Å². The Bertz CT molecular complexity index is 438. The van der Waals surface area contributed by atoms with Crippen LogP contribution in [0.25, 0.3) is 0 Å². The molecule has 1 aliphatic heterocycles. The zero-order valence-corrected chi connectivity index (χ0v) is 9.22. The van der Waals surface area contributed by atoms with Crippen molar-refractivity contribution in [2.45, 2.75) is 25.1 Å². The molecule has 2 aliphatic rings. The largest absolute Gasteiger partial charge is 0.416 e. The molecule has 1 fully saturated rings. The van der Waals surface area contributed by atoms with Crippen LogP contribution in [0, 0.1) is 0 Å². The minimum atomic E-state index is -4.26. The van der Waals surface area contributed by atoms with E-state index in [2.05, 4.69) is 10.2 Å². The standard InChI is InChI=1S/C12H13F3N2/c13-12(14,15)8-1-4-10-11(7-8)17(6-5-16-10)9-2-3-9/h1,4,7,9,16H,2-3,5-6H2. The van der Waals surface area contributed by atoms with Crippen molar-refractivity contribution in [3.05, 3.63) is 23.8 Å². The van der Waals surface area contributed by atoms with E-state index < -0.39 is 11.7 Å². The molecule has 1 heterocycles. The van der Waals surface area contributed by atoms with Gasteiger partial charge in [-0.15, -0.1) is 0 Å². The summed E-state index contributed by atoms with van der Waals surface area (Å²) in [6.45, 7) is 1.59. The molecule has 0 atom stereocenters. The molecule has 3 rings (SSSR count). The Morgan fingerprint density at radius 2 is 2.00 bits per heavy atom. The second kappa shape index (κ2) is 3.55. The Kier molecular flexibility index (Phi) is 2.24. The van der Waals surface area contributed by atoms with Gasteiger partial charge in [0.05, 0.1) is 16.9 Å². The summed E-state index contributed by atoms with van der Waals surface area (Å²) in [5.74, 6) is 0. The van der Waals surface area contributed by atoms with Gasteiger partial charge in [-0.3, -0.25) is 0 Å². The molecule has 1 aromatic carbocycles. The van der Waals surface area contributed by atoms with Crippen molar-refractivity contribution < 1.29 is 13.2 Å². The van der Waals surface area contributed by atoms with Crippen molar-refractivity contribution in [1.29, 1.82) is 0 Å². The van der Waals surface area contributed by atoms with Crippen LogP contribution in [-0.2, 0) is 6.18 Å². The quantitative estimate of drug-likeness (QED) is 0.814. The number of nitrogens with one attached hydrogen (secondary N) is 1. The number of fused-ring (bicyclic) bond motifs is 1. The molecule has 92 valence electrons. The first-order valence-electron chi connectivity index (χ1n) is 5.77. The fraction of sp³-hybridized carbons (Fsp3) is 0.500. The average molecular weight is 242 g/mol. The highest BCUT2D eigenvalue weighted by molar-refractivity contribution is 5.74. The number of benzene rings is 1. The van der Waals surface area contributed by atoms with Crippen molar-refractivity contribution in [1.82, 2.24) is 0 Å². The minimum Gasteiger partial charge on any atom is -0.382 e. The molecule has 0 amide bonds. The average Bonchev–Trinajstić information content (AvgIpc) is 3.10. The Morgan fingerprint density at radius 1 is 1.24 bits per heavy atom. The Morgan fingerprint density at radius 3 is 2.65 bits per heavy atom. The number of alkyl halides is 3. The molecule has 5 heteroatoms. The summed E-state index contributed by atoms with van der Waals surface area (Å²) in [6.07, 6.45) is -2.08. The smallest absolute Gasteiger partial charge is 0.382 e. The van der Waals surface area contributed by atoms with Crippen LogP contribution in [-0.4, -0.2) is 19.1 Å². The van der Waals surface area contributed by atoms with Gasteiger partial charge in [-0.05, 0) is 31.0 Å². The lowest BCUT2D eigenvalue weighted by Gasteiger charge is -2.32. The van der Waals surface area contributed by atoms with Crippen LogP contribution in [0.4, 0.5) is 24.5 Å². The summed E-state index contributed by atoms with van der Waals surface area (Å²) < 4.78 is 38.0. The third kappa shape index (κ3) is 1.94. The fourth-order valence-corrected chi connectivity index (χ4v) is 2.29. The SMILES string of the molecule is FC(F)(F)c1ccc2c(c1)N(C1CC1)CCN2. The highest BCUT2D eigenvalue weighted by atomic mass is 19.4. The summed E-state index contributed by atoms with van der Waals surface area (Å²) in [5, 5.41) is 3.14. The second-order valence-corrected chi connectivity index (χ2v) is 4.58. The third-order valence-electron chi connectivity index (χ3n) is 3.29. The molecule has 0 spiro atoms. The monoisotopic (exact) mass is 242 g/mol. The maximum atomic E-state index is 12.7. The molecule has 0 bridgehead atoms. The normalized spacial score (nSPS) is 19.8. The molecule has 0 unspecified atom stereocenters. The summed E-state index contributed by atoms with van der Waals surface area (Å²) in [6, 6.07) is 4.38. The molecule has 1 aromatic rings. The Hall–Kier alpha value is -1.39. The van der Waals surface area contributed by atoms with Gasteiger partial charge >= 0.3 is 6.18 Å². The van der Waals surface area contributed by atoms with Crippen LogP contribution in [0.5, 0.6) is 0 Å². The van der Waals surface area contributed by atoms with E-state index in [1.54, 1.807) is 0 Å². The first-order valence-corrected chi connectivity index (χ1v) is 5.77. The zero-order chi connectivity index (χ0) is 12.0. The lowest BCUT2D eigenvalue weighted by atomic mass is 10.1. The van der Waals surface area contributed by atoms with E-state index in [9.17, 15) is 13.2 Å². The van der Waals surface area contributed by atoms with Gasteiger partial charge in [-0.1, -0.05) is 0 Å². The minimum absolute atomic E-state index is 0.444. The van der Waals surface area contributed by atoms with Gasteiger partial charge in [0.2, 0.25) is 0 Å². The van der Waals surface area contributed by atoms with Crippen molar-refractivity contribution >= 4 is 11.4 Å². The molecular weight excluding hydrogens is 229 g/mol. The van der Waals surface area contributed by atoms with Gasteiger partial charge in [-0.25, -0.2) is 0 Å². The van der Waals surface area contributed by atoms with Crippen LogP contribution >= 0.6 is 0 Å². The summed E-state index contributed by atoms with van der Waals surface area (Å²) in [5.41, 5.74) is 0.954. The highest BCUT2D eigenvalue weighted by Gasteiger charge is 2.35. The van der Waals surface area contributed by atoms with Gasteiger partial charge in [0.25, 0.3) is 0 Å². The van der Waals surface area contributed by atoms with Gasteiger partial charge in [0.1, 0.15) is 0 Å². The molecular formula is C12H13F3N2. The molecule has 2 nitrogen and oxygen atoms in total. The van der Waals surface area contributed by atoms with Crippen LogP contribution in [0.3, 0.4) is 0 Å². The van der Waals surface area contributed by atoms with Crippen LogP contribution in [0.2, 0.25) is 0 Å². The lowest BCUT2D eigenvalue weighted by Crippen LogP contribution is -2.35. The van der Waals surface area contributed by atoms with E-state index in [1.807, 2.05) is 0 Å². The predicted octanol–water partition coefficient (Wildman–Crippen LogP) is 3.10. The molecule has 0 radical (unpaired) electrons. The van der Waals surface area contributed by atoms with E-state index >= 15 is 0 Å². The molecule has 17 heavy (non-hydrogen) atoms. The number of hydrogen-bond donors (Lipinski definition) is 1. The van der Waals surface area contributed by atoms with E-state index in [0.29, 0.717) is 11.7 Å². The molecule has 0 saturated heterocycles. The second-order valence-electron chi connectivity index (χ2n) is 4.58. The van der Waals surface area contributed by atoms with Gasteiger partial charge in [-0.2, -0.15) is 13.2 Å². The third-order valence-corrected chi connectivity index (χ3v) is 3.29. The van der Waals surface area contributed by atoms with Gasteiger partial charge in [0.15, 0.2) is 0 Å². The van der Waals surface area contributed by atoms with E-state index in [1.165, 1.54) is 12.1 Å². The maximum Gasteiger partial charge on any atom is 0.416 e. The Labute approximate surface area is 97.4 Å². The summed E-state index contributed by atoms with van der Waals surface area (Å²) in [4.78, 5) is 2.10. The van der Waals surface area contributed by atoms with Crippen LogP contribution in [0.1, 0.15) is 18.4 Å². The molecule has 1 saturated carbocycles. The Balaban J connectivity index is 2.01. The van der Waals surface area contributed by atoms with Crippen molar-refractivity contribution in [3.63, 3.8) is 0 Å². The fourth-order valence-electron chi connectivity index (χ4n) is 2.29. The summed E-state index contributed by atoms with van der Waals surface area (Å²) >= 11 is 0. The van der Waals surface area contributed by atoms with Gasteiger partial charge in [0, 0.05) is 19.1 Å². The van der Waals surface area contributed by atoms with E-state index in [-0.39, 0.29) is 0 Å². The molecule has 1 N–H and O–H groups in total. The highest BCUT2D eigenvalue weighted by Crippen LogP contribution is 2.41. The topological polar surface area (TPSA) is 15.3 Å². The predicted molar refractivity (Wildman–Crippen MR) is 60.3 cm³/mol. The molecule has 0 aromatic heterocycles. The zero-order valence-electron chi connectivity index (χ0n) is 9.22. The maximum absolute atomic E-state index is 12.7. The molecule has 1 aliphatic carbocycles. The van der Waals surface area contributed by atoms with E-state index in [0.717, 1.165) is 37.7 Å². The van der Waals surface area contributed by atoms with Crippen molar-refractivity contribution in [3.8, 4) is 0 Å². The first kappa shape index (κ1) is 10.7. The number of anilines is 2. The van der Waals surface area contributed by atoms with Crippen LogP contribution in [0.15, 0.2) is 18.2 Å². The van der Waals surface area contributed by atoms with Crippen molar-refractivity contribution in [2.75, 3.05) is 23.3 Å². The van der Waals surface area contributed by atoms with E-state index in [4.69, 9.17) is 0 Å². The lowest BCUT2D eigenvalue weighted by molar-refractivity contribution is -0.137.